The average Bonchev–Trinajstić information content (AvgIpc) is 2.88. The number of halogens is 2. The lowest BCUT2D eigenvalue weighted by Crippen LogP contribution is -2.43. The van der Waals surface area contributed by atoms with Crippen molar-refractivity contribution in [3.63, 3.8) is 0 Å². The summed E-state index contributed by atoms with van der Waals surface area (Å²) in [6.45, 7) is 2.58. The van der Waals surface area contributed by atoms with E-state index in [0.717, 1.165) is 49.1 Å². The highest BCUT2D eigenvalue weighted by Crippen LogP contribution is 2.35. The summed E-state index contributed by atoms with van der Waals surface area (Å²) in [5.41, 5.74) is 1.40. The molecule has 1 N–H and O–H groups in total. The van der Waals surface area contributed by atoms with Gasteiger partial charge in [-0.05, 0) is 79.6 Å². The van der Waals surface area contributed by atoms with Gasteiger partial charge < -0.3 is 14.7 Å². The number of aliphatic hydroxyl groups excluding tert-OH is 1. The smallest absolute Gasteiger partial charge is 0.155 e. The lowest BCUT2D eigenvalue weighted by molar-refractivity contribution is 0.0672. The maximum atomic E-state index is 15.3. The van der Waals surface area contributed by atoms with E-state index < -0.39 is 6.17 Å². The van der Waals surface area contributed by atoms with Crippen LogP contribution in [-0.2, 0) is 0 Å². The molecule has 3 heterocycles. The molecule has 1 aliphatic rings. The third kappa shape index (κ3) is 6.03. The highest BCUT2D eigenvalue weighted by molar-refractivity contribution is 7.99. The minimum atomic E-state index is -1.10. The maximum Gasteiger partial charge on any atom is 0.155 e. The van der Waals surface area contributed by atoms with Crippen molar-refractivity contribution in [3.8, 4) is 5.75 Å². The second-order valence-electron chi connectivity index (χ2n) is 8.76. The Hall–Kier alpha value is -2.29. The number of hydrogen-bond donors (Lipinski definition) is 1. The molecule has 0 radical (unpaired) electrons. The van der Waals surface area contributed by atoms with Crippen LogP contribution in [0.15, 0.2) is 53.8 Å². The summed E-state index contributed by atoms with van der Waals surface area (Å²) in [7, 11) is 1.60. The Morgan fingerprint density at radius 1 is 1.21 bits per heavy atom. The van der Waals surface area contributed by atoms with Crippen LogP contribution in [0.1, 0.15) is 31.0 Å². The molecule has 1 aromatic carbocycles. The standard InChI is InChI=1S/C26H31F2N3O2S/c1-33-20-5-7-25-22(15-20)21(8-11-29-25)23(27)6-4-18-9-12-31(16-19(18)17-32)13-14-34-26-24(28)3-2-10-30-26/h2-3,5,7-8,10-11,15,18-19,23,32H,4,6,9,12-14,16-17H2,1H3/t18-,19-,23?/m1/s1. The fraction of sp³-hybridized carbons (Fsp3) is 0.462. The van der Waals surface area contributed by atoms with Gasteiger partial charge in [-0.1, -0.05) is 0 Å². The van der Waals surface area contributed by atoms with Crippen molar-refractivity contribution < 1.29 is 18.6 Å². The van der Waals surface area contributed by atoms with Crippen LogP contribution in [-0.4, -0.2) is 59.1 Å². The monoisotopic (exact) mass is 487 g/mol. The van der Waals surface area contributed by atoms with E-state index >= 15 is 4.39 Å². The van der Waals surface area contributed by atoms with Gasteiger partial charge in [0.2, 0.25) is 0 Å². The number of hydrogen-bond acceptors (Lipinski definition) is 6. The van der Waals surface area contributed by atoms with E-state index in [0.29, 0.717) is 22.8 Å². The number of rotatable bonds is 10. The molecule has 1 aliphatic heterocycles. The van der Waals surface area contributed by atoms with Gasteiger partial charge in [0, 0.05) is 43.2 Å². The largest absolute Gasteiger partial charge is 0.497 e. The number of likely N-dealkylation sites (tertiary alicyclic amines) is 1. The maximum absolute atomic E-state index is 15.3. The molecule has 182 valence electrons. The summed E-state index contributed by atoms with van der Waals surface area (Å²) in [5, 5.41) is 11.2. The van der Waals surface area contributed by atoms with E-state index in [2.05, 4.69) is 14.9 Å². The molecule has 3 aromatic rings. The molecule has 0 amide bonds. The van der Waals surface area contributed by atoms with Crippen LogP contribution in [0.4, 0.5) is 8.78 Å². The van der Waals surface area contributed by atoms with Gasteiger partial charge in [-0.15, -0.1) is 11.8 Å². The summed E-state index contributed by atoms with van der Waals surface area (Å²) in [5.74, 6) is 1.53. The Labute approximate surface area is 203 Å². The number of nitrogens with zero attached hydrogens (tertiary/aromatic N) is 3. The van der Waals surface area contributed by atoms with Gasteiger partial charge in [0.25, 0.3) is 0 Å². The molecule has 8 heteroatoms. The van der Waals surface area contributed by atoms with E-state index in [9.17, 15) is 9.50 Å². The topological polar surface area (TPSA) is 58.5 Å². The van der Waals surface area contributed by atoms with Crippen molar-refractivity contribution in [1.29, 1.82) is 0 Å². The van der Waals surface area contributed by atoms with Crippen LogP contribution in [0, 0.1) is 17.7 Å². The van der Waals surface area contributed by atoms with Gasteiger partial charge in [-0.25, -0.2) is 13.8 Å². The fourth-order valence-electron chi connectivity index (χ4n) is 4.76. The number of aromatic nitrogens is 2. The van der Waals surface area contributed by atoms with Crippen LogP contribution in [0.5, 0.6) is 5.75 Å². The highest BCUT2D eigenvalue weighted by atomic mass is 32.2. The normalized spacial score (nSPS) is 19.9. The fourth-order valence-corrected chi connectivity index (χ4v) is 5.64. The molecule has 5 nitrogen and oxygen atoms in total. The second kappa shape index (κ2) is 11.9. The molecule has 0 spiro atoms. The molecule has 1 unspecified atom stereocenters. The number of ether oxygens (including phenoxy) is 1. The molecule has 4 rings (SSSR count). The summed E-state index contributed by atoms with van der Waals surface area (Å²) < 4.78 is 34.4. The minimum Gasteiger partial charge on any atom is -0.497 e. The number of piperidine rings is 1. The van der Waals surface area contributed by atoms with E-state index in [1.54, 1.807) is 31.6 Å². The molecular formula is C26H31F2N3O2S. The number of pyridine rings is 2. The number of alkyl halides is 1. The minimum absolute atomic E-state index is 0.0928. The van der Waals surface area contributed by atoms with Crippen LogP contribution in [0.2, 0.25) is 0 Å². The average molecular weight is 488 g/mol. The second-order valence-corrected chi connectivity index (χ2v) is 9.84. The van der Waals surface area contributed by atoms with Crippen molar-refractivity contribution in [2.24, 2.45) is 11.8 Å². The molecule has 0 bridgehead atoms. The van der Waals surface area contributed by atoms with Gasteiger partial charge in [0.05, 0.1) is 12.6 Å². The predicted molar refractivity (Wildman–Crippen MR) is 131 cm³/mol. The molecule has 0 aliphatic carbocycles. The van der Waals surface area contributed by atoms with Crippen molar-refractivity contribution >= 4 is 22.7 Å². The summed E-state index contributed by atoms with van der Waals surface area (Å²) >= 11 is 1.41. The zero-order valence-corrected chi connectivity index (χ0v) is 20.2. The van der Waals surface area contributed by atoms with Crippen molar-refractivity contribution in [3.05, 3.63) is 60.2 Å². The molecule has 1 saturated heterocycles. The summed E-state index contributed by atoms with van der Waals surface area (Å²) in [4.78, 5) is 10.7. The third-order valence-corrected chi connectivity index (χ3v) is 7.65. The van der Waals surface area contributed by atoms with Gasteiger partial charge in [0.15, 0.2) is 5.82 Å². The highest BCUT2D eigenvalue weighted by Gasteiger charge is 2.29. The number of benzene rings is 1. The number of aliphatic hydroxyl groups is 1. The first-order chi connectivity index (χ1) is 16.6. The first kappa shape index (κ1) is 24.8. The van der Waals surface area contributed by atoms with Gasteiger partial charge in [-0.2, -0.15) is 0 Å². The number of fused-ring (bicyclic) bond motifs is 1. The van der Waals surface area contributed by atoms with Crippen LogP contribution < -0.4 is 4.74 Å². The van der Waals surface area contributed by atoms with Crippen molar-refractivity contribution in [2.75, 3.05) is 39.1 Å². The van der Waals surface area contributed by atoms with Crippen LogP contribution >= 0.6 is 11.8 Å². The summed E-state index contributed by atoms with van der Waals surface area (Å²) in [6, 6.07) is 10.3. The lowest BCUT2D eigenvalue weighted by Gasteiger charge is -2.38. The molecule has 34 heavy (non-hydrogen) atoms. The Kier molecular flexibility index (Phi) is 8.69. The zero-order valence-electron chi connectivity index (χ0n) is 19.4. The van der Waals surface area contributed by atoms with Gasteiger partial charge in [0.1, 0.15) is 16.9 Å². The first-order valence-electron chi connectivity index (χ1n) is 11.7. The Balaban J connectivity index is 1.30. The van der Waals surface area contributed by atoms with Crippen LogP contribution in [0.25, 0.3) is 10.9 Å². The van der Waals surface area contributed by atoms with Crippen LogP contribution in [0.3, 0.4) is 0 Å². The number of methoxy groups -OCH3 is 1. The quantitative estimate of drug-likeness (QED) is 0.392. The SMILES string of the molecule is COc1ccc2nccc(C(F)CC[C@@H]3CCN(CCSc4ncccc4F)C[C@@H]3CO)c2c1. The first-order valence-corrected chi connectivity index (χ1v) is 12.7. The summed E-state index contributed by atoms with van der Waals surface area (Å²) in [6.07, 6.45) is 4.21. The zero-order chi connectivity index (χ0) is 23.9. The van der Waals surface area contributed by atoms with Crippen molar-refractivity contribution in [2.45, 2.75) is 30.5 Å². The van der Waals surface area contributed by atoms with E-state index in [-0.39, 0.29) is 24.3 Å². The van der Waals surface area contributed by atoms with E-state index in [1.165, 1.54) is 17.8 Å². The van der Waals surface area contributed by atoms with E-state index in [4.69, 9.17) is 4.74 Å². The molecule has 3 atom stereocenters. The lowest BCUT2D eigenvalue weighted by atomic mass is 9.81. The Morgan fingerprint density at radius 2 is 2.09 bits per heavy atom. The van der Waals surface area contributed by atoms with Gasteiger partial charge in [-0.3, -0.25) is 4.98 Å². The van der Waals surface area contributed by atoms with Gasteiger partial charge >= 0.3 is 0 Å². The van der Waals surface area contributed by atoms with Crippen molar-refractivity contribution in [1.82, 2.24) is 14.9 Å². The molecule has 1 fully saturated rings. The van der Waals surface area contributed by atoms with E-state index in [1.807, 2.05) is 18.2 Å². The number of thioether (sulfide) groups is 1. The third-order valence-electron chi connectivity index (χ3n) is 6.69. The molecule has 2 aromatic heterocycles. The Bertz CT molecular complexity index is 1090. The molecular weight excluding hydrogens is 456 g/mol. The predicted octanol–water partition coefficient (Wildman–Crippen LogP) is 5.29. The molecule has 0 saturated carbocycles. The Morgan fingerprint density at radius 3 is 2.88 bits per heavy atom.